The molecule has 108 valence electrons. The maximum atomic E-state index is 12.7. The van der Waals surface area contributed by atoms with Gasteiger partial charge in [0.2, 0.25) is 0 Å². The molecular formula is C16H21NO2S. The quantitative estimate of drug-likeness (QED) is 0.837. The third-order valence-electron chi connectivity index (χ3n) is 4.58. The van der Waals surface area contributed by atoms with Crippen LogP contribution >= 0.6 is 11.3 Å². The van der Waals surface area contributed by atoms with Crippen molar-refractivity contribution in [2.75, 3.05) is 6.54 Å². The Morgan fingerprint density at radius 1 is 1.25 bits per heavy atom. The number of rotatable bonds is 2. The monoisotopic (exact) mass is 291 g/mol. The van der Waals surface area contributed by atoms with E-state index in [0.29, 0.717) is 12.2 Å². The Bertz CT molecular complexity index is 522. The first kappa shape index (κ1) is 13.8. The molecule has 3 nitrogen and oxygen atoms in total. The highest BCUT2D eigenvalue weighted by Crippen LogP contribution is 2.34. The molecule has 20 heavy (non-hydrogen) atoms. The Labute approximate surface area is 124 Å². The van der Waals surface area contributed by atoms with Crippen molar-refractivity contribution >= 4 is 23.0 Å². The van der Waals surface area contributed by atoms with Gasteiger partial charge >= 0.3 is 0 Å². The largest absolute Gasteiger partial charge is 0.334 e. The topological polar surface area (TPSA) is 37.4 Å². The van der Waals surface area contributed by atoms with Gasteiger partial charge < -0.3 is 4.90 Å². The van der Waals surface area contributed by atoms with Crippen LogP contribution < -0.4 is 0 Å². The van der Waals surface area contributed by atoms with Gasteiger partial charge in [-0.15, -0.1) is 11.3 Å². The van der Waals surface area contributed by atoms with E-state index in [0.717, 1.165) is 43.5 Å². The predicted molar refractivity (Wildman–Crippen MR) is 80.1 cm³/mol. The number of thiophene rings is 1. The number of hydrogen-bond donors (Lipinski definition) is 0. The van der Waals surface area contributed by atoms with Crippen LogP contribution in [0.15, 0.2) is 12.1 Å². The van der Waals surface area contributed by atoms with E-state index in [1.807, 2.05) is 24.0 Å². The summed E-state index contributed by atoms with van der Waals surface area (Å²) in [5.41, 5.74) is 0. The van der Waals surface area contributed by atoms with Crippen molar-refractivity contribution in [2.24, 2.45) is 5.92 Å². The fraction of sp³-hybridized carbons (Fsp3) is 0.625. The van der Waals surface area contributed by atoms with E-state index >= 15 is 0 Å². The molecule has 0 aromatic carbocycles. The van der Waals surface area contributed by atoms with E-state index < -0.39 is 0 Å². The van der Waals surface area contributed by atoms with Gasteiger partial charge in [-0.2, -0.15) is 0 Å². The minimum atomic E-state index is 0.0975. The third-order valence-corrected chi connectivity index (χ3v) is 5.57. The second-order valence-corrected chi connectivity index (χ2v) is 7.22. The molecule has 0 N–H and O–H groups in total. The number of nitrogens with zero attached hydrogens (tertiary/aromatic N) is 1. The second kappa shape index (κ2) is 5.68. The highest BCUT2D eigenvalue weighted by molar-refractivity contribution is 7.13. The molecule has 2 heterocycles. The van der Waals surface area contributed by atoms with E-state index in [-0.39, 0.29) is 17.9 Å². The minimum absolute atomic E-state index is 0.0975. The highest BCUT2D eigenvalue weighted by Gasteiger charge is 2.39. The summed E-state index contributed by atoms with van der Waals surface area (Å²) in [4.78, 5) is 28.7. The maximum absolute atomic E-state index is 12.7. The molecule has 4 heteroatoms. The number of ketones is 1. The Morgan fingerprint density at radius 2 is 2.10 bits per heavy atom. The molecule has 2 aliphatic rings. The van der Waals surface area contributed by atoms with Crippen LogP contribution in [-0.2, 0) is 4.79 Å². The van der Waals surface area contributed by atoms with Crippen LogP contribution in [0.1, 0.15) is 53.1 Å². The van der Waals surface area contributed by atoms with Crippen molar-refractivity contribution in [2.45, 2.75) is 51.5 Å². The molecule has 1 aliphatic heterocycles. The van der Waals surface area contributed by atoms with E-state index in [9.17, 15) is 9.59 Å². The molecule has 1 saturated carbocycles. The van der Waals surface area contributed by atoms with Crippen LogP contribution in [0.2, 0.25) is 0 Å². The molecular weight excluding hydrogens is 270 g/mol. The zero-order chi connectivity index (χ0) is 14.1. The van der Waals surface area contributed by atoms with Crippen molar-refractivity contribution in [3.05, 3.63) is 21.9 Å². The summed E-state index contributed by atoms with van der Waals surface area (Å²) in [6.45, 7) is 2.83. The smallest absolute Gasteiger partial charge is 0.264 e. The molecule has 1 amide bonds. The molecule has 2 atom stereocenters. The first-order valence-corrected chi connectivity index (χ1v) is 8.38. The van der Waals surface area contributed by atoms with Gasteiger partial charge in [-0.25, -0.2) is 0 Å². The molecule has 0 radical (unpaired) electrons. The number of likely N-dealkylation sites (tertiary alicyclic amines) is 1. The van der Waals surface area contributed by atoms with E-state index in [4.69, 9.17) is 0 Å². The minimum Gasteiger partial charge on any atom is -0.334 e. The van der Waals surface area contributed by atoms with Crippen LogP contribution in [0.5, 0.6) is 0 Å². The van der Waals surface area contributed by atoms with Gasteiger partial charge in [-0.1, -0.05) is 0 Å². The zero-order valence-corrected chi connectivity index (χ0v) is 12.7. The average molecular weight is 291 g/mol. The molecule has 1 saturated heterocycles. The molecule has 1 aliphatic carbocycles. The number of piperidine rings is 1. The van der Waals surface area contributed by atoms with Crippen molar-refractivity contribution in [3.8, 4) is 0 Å². The summed E-state index contributed by atoms with van der Waals surface area (Å²) in [5.74, 6) is 0.602. The molecule has 3 rings (SSSR count). The average Bonchev–Trinajstić information content (AvgIpc) is 3.07. The second-order valence-electron chi connectivity index (χ2n) is 5.94. The summed E-state index contributed by atoms with van der Waals surface area (Å²) in [5, 5.41) is 0. The Kier molecular flexibility index (Phi) is 3.92. The number of amides is 1. The summed E-state index contributed by atoms with van der Waals surface area (Å²) in [7, 11) is 0. The molecule has 1 aromatic rings. The van der Waals surface area contributed by atoms with Crippen molar-refractivity contribution in [3.63, 3.8) is 0 Å². The zero-order valence-electron chi connectivity index (χ0n) is 11.9. The fourth-order valence-electron chi connectivity index (χ4n) is 3.57. The maximum Gasteiger partial charge on any atom is 0.264 e. The summed E-state index contributed by atoms with van der Waals surface area (Å²) in [6, 6.07) is 4.07. The lowest BCUT2D eigenvalue weighted by Gasteiger charge is -2.38. The summed E-state index contributed by atoms with van der Waals surface area (Å²) >= 11 is 1.56. The predicted octanol–water partition coefficient (Wildman–Crippen LogP) is 3.42. The number of hydrogen-bond acceptors (Lipinski definition) is 3. The molecule has 1 aromatic heterocycles. The van der Waals surface area contributed by atoms with Crippen LogP contribution in [0, 0.1) is 12.8 Å². The summed E-state index contributed by atoms with van der Waals surface area (Å²) in [6.07, 6.45) is 5.87. The number of Topliss-reactive ketones (excluding diaryl/α,β-unsaturated/α-hetero) is 1. The van der Waals surface area contributed by atoms with Gasteiger partial charge in [0.1, 0.15) is 5.78 Å². The van der Waals surface area contributed by atoms with Crippen molar-refractivity contribution < 1.29 is 9.59 Å². The van der Waals surface area contributed by atoms with Crippen LogP contribution in [0.25, 0.3) is 0 Å². The SMILES string of the molecule is Cc1ccc(C(=O)N2CCCCC2C2CCCC2=O)s1. The number of aryl methyl sites for hydroxylation is 1. The third kappa shape index (κ3) is 2.53. The lowest BCUT2D eigenvalue weighted by atomic mass is 9.88. The van der Waals surface area contributed by atoms with Crippen molar-refractivity contribution in [1.82, 2.24) is 4.90 Å². The first-order chi connectivity index (χ1) is 9.66. The highest BCUT2D eigenvalue weighted by atomic mass is 32.1. The normalized spacial score (nSPS) is 27.1. The van der Waals surface area contributed by atoms with Gasteiger partial charge in [0.05, 0.1) is 4.88 Å². The molecule has 0 spiro atoms. The lowest BCUT2D eigenvalue weighted by Crippen LogP contribution is -2.48. The first-order valence-electron chi connectivity index (χ1n) is 7.57. The van der Waals surface area contributed by atoms with E-state index in [1.165, 1.54) is 4.88 Å². The Balaban J connectivity index is 1.81. The van der Waals surface area contributed by atoms with Crippen LogP contribution in [-0.4, -0.2) is 29.2 Å². The molecule has 2 unspecified atom stereocenters. The van der Waals surface area contributed by atoms with Crippen molar-refractivity contribution in [1.29, 1.82) is 0 Å². The van der Waals surface area contributed by atoms with Crippen LogP contribution in [0.3, 0.4) is 0 Å². The molecule has 0 bridgehead atoms. The van der Waals surface area contributed by atoms with E-state index in [2.05, 4.69) is 0 Å². The van der Waals surface area contributed by atoms with Gasteiger partial charge in [0.25, 0.3) is 5.91 Å². The standard InChI is InChI=1S/C16H21NO2S/c1-11-8-9-15(20-11)16(19)17-10-3-2-6-13(17)12-5-4-7-14(12)18/h8-9,12-13H,2-7,10H2,1H3. The van der Waals surface area contributed by atoms with E-state index in [1.54, 1.807) is 11.3 Å². The molecule has 2 fully saturated rings. The fourth-order valence-corrected chi connectivity index (χ4v) is 4.39. The van der Waals surface area contributed by atoms with Gasteiger partial charge in [0.15, 0.2) is 0 Å². The number of carbonyl (C=O) groups is 2. The van der Waals surface area contributed by atoms with Gasteiger partial charge in [0, 0.05) is 29.8 Å². The number of carbonyl (C=O) groups excluding carboxylic acids is 2. The Hall–Kier alpha value is -1.16. The van der Waals surface area contributed by atoms with Crippen LogP contribution in [0.4, 0.5) is 0 Å². The Morgan fingerprint density at radius 3 is 2.75 bits per heavy atom. The lowest BCUT2D eigenvalue weighted by molar-refractivity contribution is -0.122. The summed E-state index contributed by atoms with van der Waals surface area (Å²) < 4.78 is 0. The van der Waals surface area contributed by atoms with Gasteiger partial charge in [-0.05, 0) is 51.2 Å². The van der Waals surface area contributed by atoms with Gasteiger partial charge in [-0.3, -0.25) is 9.59 Å².